The van der Waals surface area contributed by atoms with Gasteiger partial charge < -0.3 is 9.30 Å². The van der Waals surface area contributed by atoms with Crippen LogP contribution in [0.15, 0.2) is 18.2 Å². The molecule has 0 amide bonds. The maximum absolute atomic E-state index is 12.2. The van der Waals surface area contributed by atoms with Gasteiger partial charge in [0, 0.05) is 12.3 Å². The highest BCUT2D eigenvalue weighted by Gasteiger charge is 2.29. The van der Waals surface area contributed by atoms with E-state index in [1.165, 1.54) is 7.11 Å². The maximum atomic E-state index is 12.2. The number of carbonyl (C=O) groups is 1. The third-order valence-corrected chi connectivity index (χ3v) is 3.91. The van der Waals surface area contributed by atoms with Crippen molar-refractivity contribution in [3.05, 3.63) is 29.0 Å². The van der Waals surface area contributed by atoms with Gasteiger partial charge in [0.25, 0.3) is 0 Å². The number of halogens is 2. The number of rotatable bonds is 5. The van der Waals surface area contributed by atoms with Crippen LogP contribution in [0.2, 0.25) is 5.02 Å². The number of fused-ring (bicyclic) bond motifs is 1. The summed E-state index contributed by atoms with van der Waals surface area (Å²) >= 11 is 12.1. The number of benzene rings is 1. The second-order valence-electron chi connectivity index (χ2n) is 5.16. The largest absolute Gasteiger partial charge is 0.467 e. The van der Waals surface area contributed by atoms with Crippen LogP contribution in [0, 0.1) is 5.92 Å². The molecular formula is C15H18Cl2N2O2. The summed E-state index contributed by atoms with van der Waals surface area (Å²) in [5.41, 5.74) is 1.51. The van der Waals surface area contributed by atoms with Crippen LogP contribution in [0.25, 0.3) is 11.0 Å². The lowest BCUT2D eigenvalue weighted by molar-refractivity contribution is -0.145. The van der Waals surface area contributed by atoms with E-state index < -0.39 is 6.04 Å². The number of methoxy groups -OCH3 is 1. The van der Waals surface area contributed by atoms with Crippen LogP contribution in [-0.4, -0.2) is 28.5 Å². The molecule has 0 saturated carbocycles. The number of hydrogen-bond donors (Lipinski definition) is 0. The summed E-state index contributed by atoms with van der Waals surface area (Å²) in [7, 11) is 1.39. The molecule has 1 aromatic heterocycles. The average Bonchev–Trinajstić information content (AvgIpc) is 2.79. The van der Waals surface area contributed by atoms with Crippen LogP contribution >= 0.6 is 23.2 Å². The van der Waals surface area contributed by atoms with Gasteiger partial charge in [0.15, 0.2) is 0 Å². The number of aromatic nitrogens is 2. The van der Waals surface area contributed by atoms with E-state index in [1.54, 1.807) is 6.07 Å². The number of carbonyl (C=O) groups excluding carboxylic acids is 1. The Labute approximate surface area is 134 Å². The minimum atomic E-state index is -0.448. The fourth-order valence-corrected chi connectivity index (χ4v) is 2.88. The quantitative estimate of drug-likeness (QED) is 0.618. The van der Waals surface area contributed by atoms with Gasteiger partial charge in [0.05, 0.1) is 17.6 Å². The number of nitrogens with zero attached hydrogens (tertiary/aromatic N) is 2. The van der Waals surface area contributed by atoms with E-state index in [1.807, 2.05) is 30.5 Å². The molecule has 0 fully saturated rings. The SMILES string of the molecule is COC(=O)C(C(C)C)n1c(CCCl)nc2c(Cl)cccc21. The van der Waals surface area contributed by atoms with Crippen LogP contribution in [0.3, 0.4) is 0 Å². The van der Waals surface area contributed by atoms with Crippen LogP contribution in [-0.2, 0) is 16.0 Å². The van der Waals surface area contributed by atoms with E-state index >= 15 is 0 Å². The number of esters is 1. The summed E-state index contributed by atoms with van der Waals surface area (Å²) in [5.74, 6) is 0.938. The van der Waals surface area contributed by atoms with E-state index in [9.17, 15) is 4.79 Å². The molecule has 0 aliphatic rings. The third-order valence-electron chi connectivity index (χ3n) is 3.41. The predicted molar refractivity (Wildman–Crippen MR) is 85.1 cm³/mol. The molecule has 114 valence electrons. The minimum Gasteiger partial charge on any atom is -0.467 e. The second-order valence-corrected chi connectivity index (χ2v) is 5.94. The van der Waals surface area contributed by atoms with E-state index in [2.05, 4.69) is 4.98 Å². The van der Waals surface area contributed by atoms with Gasteiger partial charge in [-0.15, -0.1) is 11.6 Å². The van der Waals surface area contributed by atoms with Gasteiger partial charge in [-0.3, -0.25) is 0 Å². The van der Waals surface area contributed by atoms with Gasteiger partial charge in [-0.2, -0.15) is 0 Å². The number of ether oxygens (including phenoxy) is 1. The molecule has 1 atom stereocenters. The van der Waals surface area contributed by atoms with Gasteiger partial charge in [-0.25, -0.2) is 9.78 Å². The molecule has 2 rings (SSSR count). The molecule has 1 heterocycles. The van der Waals surface area contributed by atoms with Gasteiger partial charge in [0.1, 0.15) is 17.4 Å². The molecule has 1 aromatic carbocycles. The van der Waals surface area contributed by atoms with Crippen LogP contribution in [0.5, 0.6) is 0 Å². The molecule has 0 N–H and O–H groups in total. The van der Waals surface area contributed by atoms with Crippen molar-refractivity contribution in [3.8, 4) is 0 Å². The molecular weight excluding hydrogens is 311 g/mol. The first kappa shape index (κ1) is 16.1. The zero-order chi connectivity index (χ0) is 15.6. The number of alkyl halides is 1. The monoisotopic (exact) mass is 328 g/mol. The van der Waals surface area contributed by atoms with Crippen molar-refractivity contribution >= 4 is 40.2 Å². The Morgan fingerprint density at radius 3 is 2.71 bits per heavy atom. The maximum Gasteiger partial charge on any atom is 0.329 e. The van der Waals surface area contributed by atoms with Crippen molar-refractivity contribution in [2.45, 2.75) is 26.3 Å². The van der Waals surface area contributed by atoms with Crippen LogP contribution in [0.1, 0.15) is 25.7 Å². The second kappa shape index (κ2) is 6.67. The van der Waals surface area contributed by atoms with E-state index in [0.717, 1.165) is 11.3 Å². The highest BCUT2D eigenvalue weighted by atomic mass is 35.5. The summed E-state index contributed by atoms with van der Waals surface area (Å²) in [6, 6.07) is 5.09. The molecule has 0 aliphatic heterocycles. The van der Waals surface area contributed by atoms with Crippen LogP contribution < -0.4 is 0 Å². The zero-order valence-electron chi connectivity index (χ0n) is 12.3. The van der Waals surface area contributed by atoms with Crippen molar-refractivity contribution in [1.82, 2.24) is 9.55 Å². The fourth-order valence-electron chi connectivity index (χ4n) is 2.50. The average molecular weight is 329 g/mol. The molecule has 0 bridgehead atoms. The van der Waals surface area contributed by atoms with Crippen molar-refractivity contribution in [3.63, 3.8) is 0 Å². The first-order chi connectivity index (χ1) is 10.0. The lowest BCUT2D eigenvalue weighted by Crippen LogP contribution is -2.27. The summed E-state index contributed by atoms with van der Waals surface area (Å²) in [4.78, 5) is 16.8. The Hall–Kier alpha value is -1.26. The smallest absolute Gasteiger partial charge is 0.329 e. The highest BCUT2D eigenvalue weighted by Crippen LogP contribution is 2.30. The Bertz CT molecular complexity index is 652. The Balaban J connectivity index is 2.71. The zero-order valence-corrected chi connectivity index (χ0v) is 13.8. The predicted octanol–water partition coefficient (Wildman–Crippen LogP) is 3.84. The Kier molecular flexibility index (Phi) is 5.12. The van der Waals surface area contributed by atoms with Crippen molar-refractivity contribution in [2.75, 3.05) is 13.0 Å². The molecule has 21 heavy (non-hydrogen) atoms. The Morgan fingerprint density at radius 2 is 2.14 bits per heavy atom. The minimum absolute atomic E-state index is 0.0582. The fraction of sp³-hybridized carbons (Fsp3) is 0.467. The van der Waals surface area contributed by atoms with E-state index in [-0.39, 0.29) is 11.9 Å². The molecule has 2 aromatic rings. The molecule has 0 saturated heterocycles. The van der Waals surface area contributed by atoms with Gasteiger partial charge >= 0.3 is 5.97 Å². The van der Waals surface area contributed by atoms with Gasteiger partial charge in [-0.05, 0) is 18.1 Å². The van der Waals surface area contributed by atoms with Crippen LogP contribution in [0.4, 0.5) is 0 Å². The number of para-hydroxylation sites is 1. The van der Waals surface area contributed by atoms with Crippen molar-refractivity contribution in [2.24, 2.45) is 5.92 Å². The summed E-state index contributed by atoms with van der Waals surface area (Å²) in [6.07, 6.45) is 0.562. The standard InChI is InChI=1S/C15H18Cl2N2O2/c1-9(2)14(15(20)21-3)19-11-6-4-5-10(17)13(11)18-12(19)7-8-16/h4-6,9,14H,7-8H2,1-3H3. The molecule has 0 spiro atoms. The molecule has 1 unspecified atom stereocenters. The summed E-state index contributed by atoms with van der Waals surface area (Å²) in [6.45, 7) is 3.95. The molecule has 4 nitrogen and oxygen atoms in total. The third kappa shape index (κ3) is 3.01. The highest BCUT2D eigenvalue weighted by molar-refractivity contribution is 6.34. The normalized spacial score (nSPS) is 12.9. The molecule has 6 heteroatoms. The summed E-state index contributed by atoms with van der Waals surface area (Å²) < 4.78 is 6.86. The van der Waals surface area contributed by atoms with Crippen molar-refractivity contribution < 1.29 is 9.53 Å². The first-order valence-corrected chi connectivity index (χ1v) is 7.71. The van der Waals surface area contributed by atoms with Gasteiger partial charge in [0.2, 0.25) is 0 Å². The van der Waals surface area contributed by atoms with E-state index in [4.69, 9.17) is 27.9 Å². The number of hydrogen-bond acceptors (Lipinski definition) is 3. The Morgan fingerprint density at radius 1 is 1.43 bits per heavy atom. The van der Waals surface area contributed by atoms with E-state index in [0.29, 0.717) is 22.8 Å². The lowest BCUT2D eigenvalue weighted by Gasteiger charge is -2.22. The van der Waals surface area contributed by atoms with Crippen molar-refractivity contribution in [1.29, 1.82) is 0 Å². The number of imidazole rings is 1. The van der Waals surface area contributed by atoms with Gasteiger partial charge in [-0.1, -0.05) is 31.5 Å². The molecule has 0 aliphatic carbocycles. The first-order valence-electron chi connectivity index (χ1n) is 6.80. The topological polar surface area (TPSA) is 44.1 Å². The molecule has 0 radical (unpaired) electrons. The number of aryl methyl sites for hydroxylation is 1. The lowest BCUT2D eigenvalue weighted by atomic mass is 10.0. The summed E-state index contributed by atoms with van der Waals surface area (Å²) in [5, 5.41) is 0.564.